The van der Waals surface area contributed by atoms with E-state index in [1.165, 1.54) is 0 Å². The number of para-hydroxylation sites is 1. The summed E-state index contributed by atoms with van der Waals surface area (Å²) in [5.41, 5.74) is 2.30. The van der Waals surface area contributed by atoms with E-state index in [0.29, 0.717) is 31.1 Å². The topological polar surface area (TPSA) is 64.8 Å². The van der Waals surface area contributed by atoms with Gasteiger partial charge in [0.1, 0.15) is 30.5 Å². The fourth-order valence-corrected chi connectivity index (χ4v) is 2.72. The molecule has 0 saturated carbocycles. The van der Waals surface area contributed by atoms with Gasteiger partial charge in [0.15, 0.2) is 0 Å². The Balaban J connectivity index is 1.55. The van der Waals surface area contributed by atoms with Crippen molar-refractivity contribution in [1.29, 1.82) is 0 Å². The molecule has 2 aromatic carbocycles. The Hall–Kier alpha value is -3.28. The summed E-state index contributed by atoms with van der Waals surface area (Å²) < 4.78 is 16.6. The van der Waals surface area contributed by atoms with Crippen LogP contribution >= 0.6 is 0 Å². The number of ether oxygens (including phenoxy) is 2. The van der Waals surface area contributed by atoms with E-state index in [1.54, 1.807) is 24.1 Å². The summed E-state index contributed by atoms with van der Waals surface area (Å²) in [4.78, 5) is 14.3. The number of hydrogen-bond donors (Lipinski definition) is 0. The van der Waals surface area contributed by atoms with E-state index in [4.69, 9.17) is 14.0 Å². The minimum atomic E-state index is -0.0838. The molecule has 0 N–H and O–H groups in total. The van der Waals surface area contributed by atoms with E-state index in [-0.39, 0.29) is 5.91 Å². The molecule has 0 radical (unpaired) electrons. The molecule has 28 heavy (non-hydrogen) atoms. The molecule has 0 unspecified atom stereocenters. The molecule has 1 heterocycles. The molecule has 3 rings (SSSR count). The second kappa shape index (κ2) is 9.08. The van der Waals surface area contributed by atoms with Crippen molar-refractivity contribution >= 4 is 5.91 Å². The maximum absolute atomic E-state index is 12.7. The first-order valence-electron chi connectivity index (χ1n) is 9.12. The average Bonchev–Trinajstić information content (AvgIpc) is 3.04. The maximum atomic E-state index is 12.7. The largest absolute Gasteiger partial charge is 0.492 e. The van der Waals surface area contributed by atoms with Gasteiger partial charge in [0.05, 0.1) is 17.8 Å². The number of benzene rings is 2. The third-order valence-corrected chi connectivity index (χ3v) is 4.43. The third kappa shape index (κ3) is 4.91. The van der Waals surface area contributed by atoms with Crippen LogP contribution in [-0.2, 0) is 6.61 Å². The van der Waals surface area contributed by atoms with Crippen molar-refractivity contribution in [3.8, 4) is 11.5 Å². The van der Waals surface area contributed by atoms with Gasteiger partial charge in [0, 0.05) is 12.6 Å². The smallest absolute Gasteiger partial charge is 0.253 e. The molecule has 6 nitrogen and oxygen atoms in total. The highest BCUT2D eigenvalue weighted by Gasteiger charge is 2.14. The lowest BCUT2D eigenvalue weighted by Crippen LogP contribution is -2.30. The Morgan fingerprint density at radius 2 is 1.79 bits per heavy atom. The van der Waals surface area contributed by atoms with Crippen molar-refractivity contribution in [3.05, 3.63) is 77.2 Å². The van der Waals surface area contributed by atoms with Gasteiger partial charge in [0.25, 0.3) is 5.91 Å². The molecule has 6 heteroatoms. The molecule has 0 atom stereocenters. The Kier molecular flexibility index (Phi) is 6.32. The molecule has 0 bridgehead atoms. The van der Waals surface area contributed by atoms with E-state index in [1.807, 2.05) is 56.3 Å². The number of hydrogen-bond acceptors (Lipinski definition) is 5. The zero-order chi connectivity index (χ0) is 19.9. The predicted octanol–water partition coefficient (Wildman–Crippen LogP) is 4.02. The van der Waals surface area contributed by atoms with Gasteiger partial charge in [-0.3, -0.25) is 4.79 Å². The summed E-state index contributed by atoms with van der Waals surface area (Å²) in [5.74, 6) is 2.07. The molecule has 1 aromatic heterocycles. The molecule has 3 aromatic rings. The molecule has 0 fully saturated rings. The quantitative estimate of drug-likeness (QED) is 0.590. The Morgan fingerprint density at radius 3 is 2.50 bits per heavy atom. The van der Waals surface area contributed by atoms with Crippen LogP contribution in [0.15, 0.2) is 59.1 Å². The summed E-state index contributed by atoms with van der Waals surface area (Å²) in [6, 6.07) is 16.7. The molecular weight excluding hydrogens is 356 g/mol. The second-order valence-corrected chi connectivity index (χ2v) is 6.51. The number of aromatic nitrogens is 1. The summed E-state index contributed by atoms with van der Waals surface area (Å²) in [6.45, 7) is 4.98. The SMILES string of the molecule is Cc1noc(C)c1COc1cccc(C(=O)N(C)CCOc2ccccc2)c1. The van der Waals surface area contributed by atoms with Crippen LogP contribution in [0, 0.1) is 13.8 Å². The van der Waals surface area contributed by atoms with Crippen molar-refractivity contribution in [2.75, 3.05) is 20.2 Å². The summed E-state index contributed by atoms with van der Waals surface area (Å²) in [6.07, 6.45) is 0. The van der Waals surface area contributed by atoms with Crippen molar-refractivity contribution < 1.29 is 18.8 Å². The molecule has 1 amide bonds. The number of nitrogens with zero attached hydrogens (tertiary/aromatic N) is 2. The van der Waals surface area contributed by atoms with Crippen LogP contribution in [0.4, 0.5) is 0 Å². The van der Waals surface area contributed by atoms with E-state index < -0.39 is 0 Å². The number of rotatable bonds is 8. The fraction of sp³-hybridized carbons (Fsp3) is 0.273. The monoisotopic (exact) mass is 380 g/mol. The van der Waals surface area contributed by atoms with Crippen LogP contribution in [0.3, 0.4) is 0 Å². The third-order valence-electron chi connectivity index (χ3n) is 4.43. The van der Waals surface area contributed by atoms with Crippen molar-refractivity contribution in [1.82, 2.24) is 10.1 Å². The van der Waals surface area contributed by atoms with Gasteiger partial charge in [-0.15, -0.1) is 0 Å². The average molecular weight is 380 g/mol. The van der Waals surface area contributed by atoms with Crippen LogP contribution in [0.1, 0.15) is 27.4 Å². The molecule has 0 aliphatic carbocycles. The van der Waals surface area contributed by atoms with Crippen molar-refractivity contribution in [2.24, 2.45) is 0 Å². The van der Waals surface area contributed by atoms with Crippen LogP contribution in [-0.4, -0.2) is 36.2 Å². The summed E-state index contributed by atoms with van der Waals surface area (Å²) >= 11 is 0. The Labute approximate surface area is 164 Å². The predicted molar refractivity (Wildman–Crippen MR) is 106 cm³/mol. The van der Waals surface area contributed by atoms with Gasteiger partial charge in [0.2, 0.25) is 0 Å². The van der Waals surface area contributed by atoms with Gasteiger partial charge in [-0.1, -0.05) is 29.4 Å². The van der Waals surface area contributed by atoms with Crippen LogP contribution < -0.4 is 9.47 Å². The lowest BCUT2D eigenvalue weighted by Gasteiger charge is -2.18. The molecular formula is C22H24N2O4. The molecule has 0 aliphatic heterocycles. The second-order valence-electron chi connectivity index (χ2n) is 6.51. The zero-order valence-electron chi connectivity index (χ0n) is 16.3. The fourth-order valence-electron chi connectivity index (χ4n) is 2.72. The minimum absolute atomic E-state index is 0.0838. The number of likely N-dealkylation sites (N-methyl/N-ethyl adjacent to an activating group) is 1. The van der Waals surface area contributed by atoms with Crippen LogP contribution in [0.2, 0.25) is 0 Å². The zero-order valence-corrected chi connectivity index (χ0v) is 16.3. The van der Waals surface area contributed by atoms with Gasteiger partial charge in [-0.2, -0.15) is 0 Å². The van der Waals surface area contributed by atoms with Gasteiger partial charge < -0.3 is 18.9 Å². The van der Waals surface area contributed by atoms with E-state index in [0.717, 1.165) is 22.8 Å². The summed E-state index contributed by atoms with van der Waals surface area (Å²) in [7, 11) is 1.76. The summed E-state index contributed by atoms with van der Waals surface area (Å²) in [5, 5.41) is 3.92. The normalized spacial score (nSPS) is 10.5. The Morgan fingerprint density at radius 1 is 1.04 bits per heavy atom. The lowest BCUT2D eigenvalue weighted by atomic mass is 10.2. The highest BCUT2D eigenvalue weighted by Crippen LogP contribution is 2.19. The highest BCUT2D eigenvalue weighted by atomic mass is 16.5. The first-order chi connectivity index (χ1) is 13.5. The maximum Gasteiger partial charge on any atom is 0.253 e. The van der Waals surface area contributed by atoms with E-state index in [2.05, 4.69) is 5.16 Å². The number of aryl methyl sites for hydroxylation is 2. The first kappa shape index (κ1) is 19.5. The molecule has 0 spiro atoms. The van der Waals surface area contributed by atoms with Crippen molar-refractivity contribution in [2.45, 2.75) is 20.5 Å². The van der Waals surface area contributed by atoms with Gasteiger partial charge >= 0.3 is 0 Å². The molecule has 0 saturated heterocycles. The minimum Gasteiger partial charge on any atom is -0.492 e. The highest BCUT2D eigenvalue weighted by molar-refractivity contribution is 5.94. The number of amides is 1. The Bertz CT molecular complexity index is 902. The van der Waals surface area contributed by atoms with Gasteiger partial charge in [-0.05, 0) is 44.2 Å². The number of carbonyl (C=O) groups is 1. The van der Waals surface area contributed by atoms with E-state index >= 15 is 0 Å². The van der Waals surface area contributed by atoms with E-state index in [9.17, 15) is 4.79 Å². The van der Waals surface area contributed by atoms with Crippen LogP contribution in [0.25, 0.3) is 0 Å². The van der Waals surface area contributed by atoms with Crippen molar-refractivity contribution in [3.63, 3.8) is 0 Å². The first-order valence-corrected chi connectivity index (χ1v) is 9.12. The van der Waals surface area contributed by atoms with Gasteiger partial charge in [-0.25, -0.2) is 0 Å². The lowest BCUT2D eigenvalue weighted by molar-refractivity contribution is 0.0773. The molecule has 0 aliphatic rings. The number of carbonyl (C=O) groups excluding carboxylic acids is 1. The van der Waals surface area contributed by atoms with Crippen LogP contribution in [0.5, 0.6) is 11.5 Å². The standard InChI is InChI=1S/C22H24N2O4/c1-16-21(17(2)28-23-16)15-27-20-11-7-8-18(14-20)22(25)24(3)12-13-26-19-9-5-4-6-10-19/h4-11,14H,12-13,15H2,1-3H3. The molecule has 146 valence electrons.